The Morgan fingerprint density at radius 2 is 1.90 bits per heavy atom. The number of esters is 1. The first-order valence-corrected chi connectivity index (χ1v) is 10.9. The molecule has 0 spiro atoms. The SMILES string of the molecule is Cc1cc(C)nc(SCc2ccccc2C(=O)OCC(=O)N2CCCC[C@H]2C)n1. The molecule has 1 aliphatic rings. The predicted molar refractivity (Wildman–Crippen MR) is 113 cm³/mol. The van der Waals surface area contributed by atoms with Gasteiger partial charge in [0.05, 0.1) is 5.56 Å². The monoisotopic (exact) mass is 413 g/mol. The van der Waals surface area contributed by atoms with Gasteiger partial charge in [0.25, 0.3) is 5.91 Å². The molecule has 1 fully saturated rings. The second kappa shape index (κ2) is 9.87. The highest BCUT2D eigenvalue weighted by molar-refractivity contribution is 7.98. The molecule has 0 unspecified atom stereocenters. The van der Waals surface area contributed by atoms with Gasteiger partial charge in [0.15, 0.2) is 11.8 Å². The van der Waals surface area contributed by atoms with Crippen LogP contribution in [0.4, 0.5) is 0 Å². The summed E-state index contributed by atoms with van der Waals surface area (Å²) in [6, 6.07) is 9.43. The normalized spacial score (nSPS) is 16.5. The van der Waals surface area contributed by atoms with Gasteiger partial charge in [-0.2, -0.15) is 0 Å². The summed E-state index contributed by atoms with van der Waals surface area (Å²) in [5.41, 5.74) is 3.14. The van der Waals surface area contributed by atoms with E-state index in [1.165, 1.54) is 11.8 Å². The second-order valence-corrected chi connectivity index (χ2v) is 8.33. The molecule has 6 nitrogen and oxygen atoms in total. The maximum atomic E-state index is 12.6. The van der Waals surface area contributed by atoms with E-state index in [1.807, 2.05) is 43.9 Å². The Morgan fingerprint density at radius 3 is 2.62 bits per heavy atom. The van der Waals surface area contributed by atoms with Crippen molar-refractivity contribution in [1.29, 1.82) is 0 Å². The van der Waals surface area contributed by atoms with Crippen LogP contribution < -0.4 is 0 Å². The summed E-state index contributed by atoms with van der Waals surface area (Å²) in [7, 11) is 0. The lowest BCUT2D eigenvalue weighted by atomic mass is 10.0. The Morgan fingerprint density at radius 1 is 1.17 bits per heavy atom. The molecular weight excluding hydrogens is 386 g/mol. The second-order valence-electron chi connectivity index (χ2n) is 7.39. The molecule has 0 aliphatic carbocycles. The predicted octanol–water partition coefficient (Wildman–Crippen LogP) is 3.94. The number of benzene rings is 1. The molecular formula is C22H27N3O3S. The smallest absolute Gasteiger partial charge is 0.338 e. The zero-order valence-electron chi connectivity index (χ0n) is 17.2. The lowest BCUT2D eigenvalue weighted by Crippen LogP contribution is -2.44. The van der Waals surface area contributed by atoms with Crippen LogP contribution in [0, 0.1) is 13.8 Å². The number of aryl methyl sites for hydroxylation is 2. The first kappa shape index (κ1) is 21.3. The van der Waals surface area contributed by atoms with Gasteiger partial charge in [-0.15, -0.1) is 0 Å². The highest BCUT2D eigenvalue weighted by Crippen LogP contribution is 2.23. The van der Waals surface area contributed by atoms with Crippen molar-refractivity contribution in [3.63, 3.8) is 0 Å². The van der Waals surface area contributed by atoms with Gasteiger partial charge in [-0.1, -0.05) is 30.0 Å². The Labute approximate surface area is 176 Å². The highest BCUT2D eigenvalue weighted by Gasteiger charge is 2.24. The van der Waals surface area contributed by atoms with Crippen LogP contribution >= 0.6 is 11.8 Å². The van der Waals surface area contributed by atoms with Crippen LogP contribution in [0.3, 0.4) is 0 Å². The Bertz CT molecular complexity index is 867. The van der Waals surface area contributed by atoms with E-state index in [4.69, 9.17) is 4.74 Å². The third kappa shape index (κ3) is 5.79. The lowest BCUT2D eigenvalue weighted by molar-refractivity contribution is -0.137. The van der Waals surface area contributed by atoms with Gasteiger partial charge in [0.2, 0.25) is 0 Å². The van der Waals surface area contributed by atoms with E-state index in [0.717, 1.165) is 42.8 Å². The molecule has 1 aromatic heterocycles. The summed E-state index contributed by atoms with van der Waals surface area (Å²) in [6.45, 7) is 6.43. The number of ether oxygens (including phenoxy) is 1. The molecule has 29 heavy (non-hydrogen) atoms. The molecule has 1 atom stereocenters. The first-order chi connectivity index (χ1) is 13.9. The third-order valence-electron chi connectivity index (χ3n) is 5.01. The number of aromatic nitrogens is 2. The first-order valence-electron chi connectivity index (χ1n) is 9.93. The molecule has 154 valence electrons. The van der Waals surface area contributed by atoms with Crippen molar-refractivity contribution in [3.8, 4) is 0 Å². The average Bonchev–Trinajstić information content (AvgIpc) is 2.70. The van der Waals surface area contributed by atoms with Crippen LogP contribution in [-0.4, -0.2) is 45.9 Å². The summed E-state index contributed by atoms with van der Waals surface area (Å²) in [4.78, 5) is 35.7. The Kier molecular flexibility index (Phi) is 7.25. The molecule has 0 N–H and O–H groups in total. The quantitative estimate of drug-likeness (QED) is 0.406. The minimum absolute atomic E-state index is 0.124. The summed E-state index contributed by atoms with van der Waals surface area (Å²) < 4.78 is 5.35. The van der Waals surface area contributed by atoms with Crippen molar-refractivity contribution in [2.75, 3.05) is 13.2 Å². The average molecular weight is 414 g/mol. The summed E-state index contributed by atoms with van der Waals surface area (Å²) in [6.07, 6.45) is 3.14. The van der Waals surface area contributed by atoms with E-state index >= 15 is 0 Å². The van der Waals surface area contributed by atoms with Gasteiger partial charge in [-0.05, 0) is 57.7 Å². The van der Waals surface area contributed by atoms with Crippen molar-refractivity contribution >= 4 is 23.6 Å². The number of hydrogen-bond acceptors (Lipinski definition) is 6. The molecule has 1 aliphatic heterocycles. The number of carbonyl (C=O) groups excluding carboxylic acids is 2. The molecule has 7 heteroatoms. The summed E-state index contributed by atoms with van der Waals surface area (Å²) in [5, 5.41) is 0.680. The van der Waals surface area contributed by atoms with E-state index in [9.17, 15) is 9.59 Å². The number of rotatable bonds is 6. The van der Waals surface area contributed by atoms with Crippen molar-refractivity contribution in [1.82, 2.24) is 14.9 Å². The Balaban J connectivity index is 1.61. The number of nitrogens with zero attached hydrogens (tertiary/aromatic N) is 3. The zero-order chi connectivity index (χ0) is 20.8. The molecule has 3 rings (SSSR count). The molecule has 1 aromatic carbocycles. The van der Waals surface area contributed by atoms with Crippen LogP contribution in [0.5, 0.6) is 0 Å². The Hall–Kier alpha value is -2.41. The van der Waals surface area contributed by atoms with Crippen LogP contribution in [0.1, 0.15) is 53.5 Å². The molecule has 1 saturated heterocycles. The van der Waals surface area contributed by atoms with E-state index < -0.39 is 5.97 Å². The molecule has 0 radical (unpaired) electrons. The van der Waals surface area contributed by atoms with Crippen molar-refractivity contribution in [3.05, 3.63) is 52.8 Å². The maximum absolute atomic E-state index is 12.6. The maximum Gasteiger partial charge on any atom is 0.338 e. The molecule has 2 heterocycles. The lowest BCUT2D eigenvalue weighted by Gasteiger charge is -2.33. The van der Waals surface area contributed by atoms with Crippen LogP contribution in [0.25, 0.3) is 0 Å². The molecule has 0 saturated carbocycles. The van der Waals surface area contributed by atoms with Crippen LogP contribution in [-0.2, 0) is 15.3 Å². The fourth-order valence-corrected chi connectivity index (χ4v) is 4.46. The van der Waals surface area contributed by atoms with Gasteiger partial charge in [0, 0.05) is 29.7 Å². The largest absolute Gasteiger partial charge is 0.452 e. The molecule has 2 aromatic rings. The number of amides is 1. The van der Waals surface area contributed by atoms with Crippen LogP contribution in [0.15, 0.2) is 35.5 Å². The molecule has 1 amide bonds. The minimum Gasteiger partial charge on any atom is -0.452 e. The van der Waals surface area contributed by atoms with Crippen LogP contribution in [0.2, 0.25) is 0 Å². The highest BCUT2D eigenvalue weighted by atomic mass is 32.2. The third-order valence-corrected chi connectivity index (χ3v) is 5.90. The van der Waals surface area contributed by atoms with E-state index in [0.29, 0.717) is 16.5 Å². The number of likely N-dealkylation sites (tertiary alicyclic amines) is 1. The summed E-state index contributed by atoms with van der Waals surface area (Å²) >= 11 is 1.48. The van der Waals surface area contributed by atoms with Crippen molar-refractivity contribution in [2.45, 2.75) is 57.0 Å². The van der Waals surface area contributed by atoms with Gasteiger partial charge in [0.1, 0.15) is 0 Å². The standard InChI is InChI=1S/C22H27N3O3S/c1-15-12-16(2)24-22(23-15)29-14-18-9-4-5-10-19(18)21(27)28-13-20(26)25-11-7-6-8-17(25)3/h4-5,9-10,12,17H,6-8,11,13-14H2,1-3H3/t17-/m1/s1. The topological polar surface area (TPSA) is 72.4 Å². The van der Waals surface area contributed by atoms with Gasteiger partial charge in [-0.25, -0.2) is 14.8 Å². The fraction of sp³-hybridized carbons (Fsp3) is 0.455. The van der Waals surface area contributed by atoms with E-state index in [1.54, 1.807) is 12.1 Å². The number of hydrogen-bond donors (Lipinski definition) is 0. The van der Waals surface area contributed by atoms with E-state index in [2.05, 4.69) is 9.97 Å². The number of thioether (sulfide) groups is 1. The fourth-order valence-electron chi connectivity index (χ4n) is 3.50. The minimum atomic E-state index is -0.472. The zero-order valence-corrected chi connectivity index (χ0v) is 18.0. The van der Waals surface area contributed by atoms with Gasteiger partial charge in [-0.3, -0.25) is 4.79 Å². The number of piperidine rings is 1. The number of carbonyl (C=O) groups is 2. The molecule has 0 bridgehead atoms. The summed E-state index contributed by atoms with van der Waals surface area (Å²) in [5.74, 6) is -0.0488. The van der Waals surface area contributed by atoms with Gasteiger partial charge < -0.3 is 9.64 Å². The van der Waals surface area contributed by atoms with E-state index in [-0.39, 0.29) is 18.6 Å². The van der Waals surface area contributed by atoms with Gasteiger partial charge >= 0.3 is 5.97 Å². The van der Waals surface area contributed by atoms with Crippen molar-refractivity contribution in [2.24, 2.45) is 0 Å². The van der Waals surface area contributed by atoms with Crippen molar-refractivity contribution < 1.29 is 14.3 Å².